The SMILES string of the molecule is CCCNC(=O)/C=C/c1cc2cc(Cl)cc(OC)c2o1. The van der Waals surface area contributed by atoms with Gasteiger partial charge in [0.2, 0.25) is 5.91 Å². The van der Waals surface area contributed by atoms with Crippen LogP contribution in [0.2, 0.25) is 5.02 Å². The minimum Gasteiger partial charge on any atom is -0.493 e. The van der Waals surface area contributed by atoms with E-state index in [1.165, 1.54) is 6.08 Å². The highest BCUT2D eigenvalue weighted by molar-refractivity contribution is 6.31. The van der Waals surface area contributed by atoms with Crippen LogP contribution in [0.1, 0.15) is 19.1 Å². The summed E-state index contributed by atoms with van der Waals surface area (Å²) < 4.78 is 10.9. The summed E-state index contributed by atoms with van der Waals surface area (Å²) in [4.78, 5) is 11.5. The number of amides is 1. The van der Waals surface area contributed by atoms with Gasteiger partial charge in [0.1, 0.15) is 5.76 Å². The van der Waals surface area contributed by atoms with E-state index in [9.17, 15) is 4.79 Å². The molecule has 1 aromatic heterocycles. The fourth-order valence-corrected chi connectivity index (χ4v) is 2.02. The number of benzene rings is 1. The number of fused-ring (bicyclic) bond motifs is 1. The monoisotopic (exact) mass is 293 g/mol. The van der Waals surface area contributed by atoms with Crippen molar-refractivity contribution in [2.45, 2.75) is 13.3 Å². The van der Waals surface area contributed by atoms with Gasteiger partial charge in [0.25, 0.3) is 0 Å². The molecule has 1 aromatic carbocycles. The molecule has 5 heteroatoms. The van der Waals surface area contributed by atoms with Gasteiger partial charge in [0.15, 0.2) is 11.3 Å². The van der Waals surface area contributed by atoms with Crippen LogP contribution < -0.4 is 10.1 Å². The molecule has 1 amide bonds. The van der Waals surface area contributed by atoms with Crippen molar-refractivity contribution < 1.29 is 13.9 Å². The number of methoxy groups -OCH3 is 1. The third-order valence-electron chi connectivity index (χ3n) is 2.73. The molecule has 106 valence electrons. The smallest absolute Gasteiger partial charge is 0.244 e. The van der Waals surface area contributed by atoms with Crippen LogP contribution >= 0.6 is 11.6 Å². The quantitative estimate of drug-likeness (QED) is 0.856. The average Bonchev–Trinajstić information content (AvgIpc) is 2.84. The van der Waals surface area contributed by atoms with Gasteiger partial charge in [-0.15, -0.1) is 0 Å². The Kier molecular flexibility index (Phi) is 4.69. The summed E-state index contributed by atoms with van der Waals surface area (Å²) in [6, 6.07) is 5.29. The lowest BCUT2D eigenvalue weighted by molar-refractivity contribution is -0.116. The molecule has 1 N–H and O–H groups in total. The maximum Gasteiger partial charge on any atom is 0.244 e. The molecule has 0 aliphatic carbocycles. The van der Waals surface area contributed by atoms with Gasteiger partial charge >= 0.3 is 0 Å². The molecule has 0 atom stereocenters. The second-order valence-electron chi connectivity index (χ2n) is 4.30. The van der Waals surface area contributed by atoms with E-state index in [-0.39, 0.29) is 5.91 Å². The number of ether oxygens (including phenoxy) is 1. The first kappa shape index (κ1) is 14.5. The van der Waals surface area contributed by atoms with Crippen LogP contribution in [0.15, 0.2) is 28.7 Å². The van der Waals surface area contributed by atoms with E-state index < -0.39 is 0 Å². The largest absolute Gasteiger partial charge is 0.493 e. The van der Waals surface area contributed by atoms with E-state index in [1.54, 1.807) is 25.3 Å². The molecule has 1 heterocycles. The Morgan fingerprint density at radius 3 is 2.95 bits per heavy atom. The summed E-state index contributed by atoms with van der Waals surface area (Å²) in [7, 11) is 1.56. The van der Waals surface area contributed by atoms with Gasteiger partial charge < -0.3 is 14.5 Å². The Balaban J connectivity index is 2.24. The highest BCUT2D eigenvalue weighted by atomic mass is 35.5. The van der Waals surface area contributed by atoms with E-state index in [2.05, 4.69) is 5.32 Å². The summed E-state index contributed by atoms with van der Waals surface area (Å²) in [5.41, 5.74) is 0.616. The highest BCUT2D eigenvalue weighted by Crippen LogP contribution is 2.32. The fraction of sp³-hybridized carbons (Fsp3) is 0.267. The van der Waals surface area contributed by atoms with Crippen LogP contribution in [-0.2, 0) is 4.79 Å². The average molecular weight is 294 g/mol. The standard InChI is InChI=1S/C15H16ClNO3/c1-3-6-17-14(18)5-4-12-8-10-7-11(16)9-13(19-2)15(10)20-12/h4-5,7-9H,3,6H2,1-2H3,(H,17,18)/b5-4+. The Morgan fingerprint density at radius 1 is 1.45 bits per heavy atom. The zero-order valence-corrected chi connectivity index (χ0v) is 12.2. The van der Waals surface area contributed by atoms with Crippen LogP contribution in [0.3, 0.4) is 0 Å². The molecule has 2 aromatic rings. The lowest BCUT2D eigenvalue weighted by Gasteiger charge is -2.00. The minimum atomic E-state index is -0.141. The first-order valence-corrected chi connectivity index (χ1v) is 6.75. The van der Waals surface area contributed by atoms with E-state index in [0.717, 1.165) is 11.8 Å². The maximum absolute atomic E-state index is 11.5. The summed E-state index contributed by atoms with van der Waals surface area (Å²) in [5, 5.41) is 4.17. The van der Waals surface area contributed by atoms with Gasteiger partial charge in [0.05, 0.1) is 7.11 Å². The number of furan rings is 1. The third-order valence-corrected chi connectivity index (χ3v) is 2.95. The second-order valence-corrected chi connectivity index (χ2v) is 4.74. The van der Waals surface area contributed by atoms with Gasteiger partial charge in [-0.3, -0.25) is 4.79 Å². The van der Waals surface area contributed by atoms with Crippen molar-refractivity contribution in [1.82, 2.24) is 5.32 Å². The van der Waals surface area contributed by atoms with Crippen molar-refractivity contribution in [1.29, 1.82) is 0 Å². The topological polar surface area (TPSA) is 51.5 Å². The molecule has 4 nitrogen and oxygen atoms in total. The molecule has 0 saturated heterocycles. The molecule has 2 rings (SSSR count). The number of halogens is 1. The molecule has 0 radical (unpaired) electrons. The van der Waals surface area contributed by atoms with E-state index in [0.29, 0.717) is 28.7 Å². The van der Waals surface area contributed by atoms with Crippen LogP contribution in [0.5, 0.6) is 5.75 Å². The van der Waals surface area contributed by atoms with Gasteiger partial charge in [-0.2, -0.15) is 0 Å². The normalized spacial score (nSPS) is 11.2. The van der Waals surface area contributed by atoms with Crippen molar-refractivity contribution in [3.05, 3.63) is 35.1 Å². The molecule has 0 aliphatic heterocycles. The second kappa shape index (κ2) is 6.48. The zero-order valence-electron chi connectivity index (χ0n) is 11.4. The van der Waals surface area contributed by atoms with Gasteiger partial charge in [-0.1, -0.05) is 18.5 Å². The van der Waals surface area contributed by atoms with E-state index in [1.807, 2.05) is 13.0 Å². The number of hydrogen-bond acceptors (Lipinski definition) is 3. The number of carbonyl (C=O) groups excluding carboxylic acids is 1. The summed E-state index contributed by atoms with van der Waals surface area (Å²) in [6.45, 7) is 2.66. The molecular formula is C15H16ClNO3. The Bertz CT molecular complexity index is 646. The van der Waals surface area contributed by atoms with Crippen LogP contribution in [0.25, 0.3) is 17.0 Å². The van der Waals surface area contributed by atoms with Crippen molar-refractivity contribution in [2.24, 2.45) is 0 Å². The van der Waals surface area contributed by atoms with E-state index in [4.69, 9.17) is 20.8 Å². The number of rotatable bonds is 5. The van der Waals surface area contributed by atoms with Crippen LogP contribution in [0, 0.1) is 0 Å². The lowest BCUT2D eigenvalue weighted by Crippen LogP contribution is -2.21. The molecule has 0 unspecified atom stereocenters. The molecule has 0 saturated carbocycles. The summed E-state index contributed by atoms with van der Waals surface area (Å²) in [6.07, 6.45) is 3.97. The van der Waals surface area contributed by atoms with Crippen LogP contribution in [0.4, 0.5) is 0 Å². The fourth-order valence-electron chi connectivity index (χ4n) is 1.80. The Labute approximate surface area is 122 Å². The minimum absolute atomic E-state index is 0.141. The lowest BCUT2D eigenvalue weighted by atomic mass is 10.2. The third kappa shape index (κ3) is 3.33. The predicted molar refractivity (Wildman–Crippen MR) is 80.1 cm³/mol. The molecule has 0 aliphatic rings. The van der Waals surface area contributed by atoms with Crippen LogP contribution in [-0.4, -0.2) is 19.6 Å². The number of hydrogen-bond donors (Lipinski definition) is 1. The van der Waals surface area contributed by atoms with Crippen molar-refractivity contribution >= 4 is 34.6 Å². The Morgan fingerprint density at radius 2 is 2.25 bits per heavy atom. The van der Waals surface area contributed by atoms with Crippen molar-refractivity contribution in [3.8, 4) is 5.75 Å². The Hall–Kier alpha value is -1.94. The summed E-state index contributed by atoms with van der Waals surface area (Å²) in [5.74, 6) is 1.01. The predicted octanol–water partition coefficient (Wildman–Crippen LogP) is 3.63. The number of nitrogens with one attached hydrogen (secondary N) is 1. The molecule has 20 heavy (non-hydrogen) atoms. The molecule has 0 bridgehead atoms. The van der Waals surface area contributed by atoms with Gasteiger partial charge in [-0.25, -0.2) is 0 Å². The molecule has 0 spiro atoms. The highest BCUT2D eigenvalue weighted by Gasteiger charge is 2.09. The van der Waals surface area contributed by atoms with Gasteiger partial charge in [-0.05, 0) is 24.6 Å². The first-order chi connectivity index (χ1) is 9.63. The molecular weight excluding hydrogens is 278 g/mol. The summed E-state index contributed by atoms with van der Waals surface area (Å²) >= 11 is 5.99. The first-order valence-electron chi connectivity index (χ1n) is 6.37. The molecule has 0 fully saturated rings. The number of carbonyl (C=O) groups is 1. The van der Waals surface area contributed by atoms with E-state index >= 15 is 0 Å². The zero-order chi connectivity index (χ0) is 14.5. The van der Waals surface area contributed by atoms with Crippen molar-refractivity contribution in [2.75, 3.05) is 13.7 Å². The van der Waals surface area contributed by atoms with Crippen molar-refractivity contribution in [3.63, 3.8) is 0 Å². The maximum atomic E-state index is 11.5. The van der Waals surface area contributed by atoms with Gasteiger partial charge in [0, 0.05) is 29.1 Å².